The summed E-state index contributed by atoms with van der Waals surface area (Å²) in [5, 5.41) is 2.85. The van der Waals surface area contributed by atoms with Crippen molar-refractivity contribution in [3.8, 4) is 0 Å². The largest absolute Gasteiger partial charge is 0.366 e. The number of aromatic nitrogens is 1. The number of carbonyl (C=O) groups excluding carboxylic acids is 2. The molecule has 0 saturated heterocycles. The van der Waals surface area contributed by atoms with Gasteiger partial charge in [-0.1, -0.05) is 36.4 Å². The molecule has 0 spiro atoms. The van der Waals surface area contributed by atoms with Crippen molar-refractivity contribution in [2.45, 2.75) is 19.9 Å². The van der Waals surface area contributed by atoms with Crippen LogP contribution in [0, 0.1) is 0 Å². The molecule has 2 aromatic carbocycles. The van der Waals surface area contributed by atoms with Gasteiger partial charge in [0.05, 0.1) is 17.4 Å². The van der Waals surface area contributed by atoms with E-state index in [-0.39, 0.29) is 11.7 Å². The number of Topliss-reactive ketones (excluding diaryl/α,β-unsaturated/α-hetero) is 1. The van der Waals surface area contributed by atoms with Gasteiger partial charge in [0.2, 0.25) is 0 Å². The minimum absolute atomic E-state index is 0.0369. The number of hydrogen-bond donors (Lipinski definition) is 1. The maximum absolute atomic E-state index is 12.7. The van der Waals surface area contributed by atoms with Gasteiger partial charge in [0.25, 0.3) is 5.91 Å². The Bertz CT molecular complexity index is 1050. The summed E-state index contributed by atoms with van der Waals surface area (Å²) < 4.78 is 0. The Morgan fingerprint density at radius 1 is 0.964 bits per heavy atom. The lowest BCUT2D eigenvalue weighted by atomic mass is 9.99. The summed E-state index contributed by atoms with van der Waals surface area (Å²) in [7, 11) is 0. The van der Waals surface area contributed by atoms with E-state index in [0.717, 1.165) is 25.2 Å². The lowest BCUT2D eigenvalue weighted by molar-refractivity contribution is 0.101. The summed E-state index contributed by atoms with van der Waals surface area (Å²) in [5.41, 5.74) is 5.27. The van der Waals surface area contributed by atoms with Crippen LogP contribution < -0.4 is 10.2 Å². The molecule has 0 saturated carbocycles. The molecule has 1 aromatic heterocycles. The number of fused-ring (bicyclic) bond motifs is 1. The number of ketones is 1. The first kappa shape index (κ1) is 17.9. The highest BCUT2D eigenvalue weighted by atomic mass is 16.1. The van der Waals surface area contributed by atoms with E-state index in [1.165, 1.54) is 18.1 Å². The molecule has 28 heavy (non-hydrogen) atoms. The topological polar surface area (TPSA) is 62.3 Å². The molecule has 0 aliphatic carbocycles. The van der Waals surface area contributed by atoms with Crippen molar-refractivity contribution < 1.29 is 9.59 Å². The summed E-state index contributed by atoms with van der Waals surface area (Å²) >= 11 is 0. The second kappa shape index (κ2) is 7.64. The van der Waals surface area contributed by atoms with Gasteiger partial charge < -0.3 is 10.2 Å². The molecule has 0 radical (unpaired) electrons. The Kier molecular flexibility index (Phi) is 4.89. The lowest BCUT2D eigenvalue weighted by Crippen LogP contribution is -2.30. The van der Waals surface area contributed by atoms with Crippen LogP contribution >= 0.6 is 0 Å². The van der Waals surface area contributed by atoms with Crippen molar-refractivity contribution in [1.29, 1.82) is 0 Å². The van der Waals surface area contributed by atoms with Gasteiger partial charge in [-0.2, -0.15) is 0 Å². The fraction of sp³-hybridized carbons (Fsp3) is 0.174. The highest BCUT2D eigenvalue weighted by Gasteiger charge is 2.17. The van der Waals surface area contributed by atoms with Crippen LogP contribution in [0.5, 0.6) is 0 Å². The molecule has 1 aliphatic rings. The Morgan fingerprint density at radius 2 is 1.79 bits per heavy atom. The first-order valence-electron chi connectivity index (χ1n) is 9.29. The molecule has 5 heteroatoms. The Labute approximate surface area is 164 Å². The van der Waals surface area contributed by atoms with E-state index in [1.807, 2.05) is 6.07 Å². The average molecular weight is 371 g/mol. The standard InChI is InChI=1S/C23H21N3O2/c1-16(27)18-7-4-8-21(11-18)25-23(28)20-12-22(14-24-13-20)26-10-9-17-5-2-3-6-19(17)15-26/h2-8,11-14H,9-10,15H2,1H3,(H,25,28). The molecule has 1 aliphatic heterocycles. The minimum Gasteiger partial charge on any atom is -0.366 e. The molecular weight excluding hydrogens is 350 g/mol. The molecule has 0 bridgehead atoms. The predicted molar refractivity (Wildman–Crippen MR) is 110 cm³/mol. The number of hydrogen-bond acceptors (Lipinski definition) is 4. The molecule has 3 aromatic rings. The SMILES string of the molecule is CC(=O)c1cccc(NC(=O)c2cncc(N3CCc4ccccc4C3)c2)c1. The van der Waals surface area contributed by atoms with Crippen molar-refractivity contribution in [2.24, 2.45) is 0 Å². The van der Waals surface area contributed by atoms with Crippen molar-refractivity contribution >= 4 is 23.1 Å². The zero-order valence-electron chi connectivity index (χ0n) is 15.7. The van der Waals surface area contributed by atoms with E-state index in [0.29, 0.717) is 16.8 Å². The quantitative estimate of drug-likeness (QED) is 0.702. The van der Waals surface area contributed by atoms with Gasteiger partial charge >= 0.3 is 0 Å². The van der Waals surface area contributed by atoms with Crippen LogP contribution in [0.2, 0.25) is 0 Å². The third-order valence-corrected chi connectivity index (χ3v) is 5.01. The molecular formula is C23H21N3O2. The normalized spacial score (nSPS) is 13.0. The smallest absolute Gasteiger partial charge is 0.257 e. The fourth-order valence-electron chi connectivity index (χ4n) is 3.46. The number of benzene rings is 2. The number of rotatable bonds is 4. The molecule has 5 nitrogen and oxygen atoms in total. The Hall–Kier alpha value is -3.47. The van der Waals surface area contributed by atoms with E-state index >= 15 is 0 Å². The maximum Gasteiger partial charge on any atom is 0.257 e. The number of nitrogens with zero attached hydrogens (tertiary/aromatic N) is 2. The van der Waals surface area contributed by atoms with E-state index < -0.39 is 0 Å². The van der Waals surface area contributed by atoms with Crippen LogP contribution in [-0.2, 0) is 13.0 Å². The van der Waals surface area contributed by atoms with E-state index in [9.17, 15) is 9.59 Å². The van der Waals surface area contributed by atoms with Gasteiger partial charge in [-0.05, 0) is 42.7 Å². The number of amides is 1. The van der Waals surface area contributed by atoms with Crippen LogP contribution in [0.15, 0.2) is 67.0 Å². The van der Waals surface area contributed by atoms with E-state index in [4.69, 9.17) is 0 Å². The van der Waals surface area contributed by atoms with E-state index in [2.05, 4.69) is 39.5 Å². The van der Waals surface area contributed by atoms with Gasteiger partial charge in [-0.15, -0.1) is 0 Å². The van der Waals surface area contributed by atoms with Gasteiger partial charge in [-0.25, -0.2) is 0 Å². The lowest BCUT2D eigenvalue weighted by Gasteiger charge is -2.30. The van der Waals surface area contributed by atoms with Crippen molar-refractivity contribution in [3.05, 3.63) is 89.2 Å². The highest BCUT2D eigenvalue weighted by molar-refractivity contribution is 6.05. The first-order chi connectivity index (χ1) is 13.6. The zero-order chi connectivity index (χ0) is 19.5. The Morgan fingerprint density at radius 3 is 2.61 bits per heavy atom. The maximum atomic E-state index is 12.7. The highest BCUT2D eigenvalue weighted by Crippen LogP contribution is 2.24. The van der Waals surface area contributed by atoms with E-state index in [1.54, 1.807) is 36.7 Å². The monoisotopic (exact) mass is 371 g/mol. The summed E-state index contributed by atoms with van der Waals surface area (Å²) in [5.74, 6) is -0.280. The predicted octanol–water partition coefficient (Wildman–Crippen LogP) is 4.10. The molecule has 4 rings (SSSR count). The molecule has 1 amide bonds. The average Bonchev–Trinajstić information content (AvgIpc) is 2.73. The molecule has 1 N–H and O–H groups in total. The fourth-order valence-corrected chi connectivity index (χ4v) is 3.46. The first-order valence-corrected chi connectivity index (χ1v) is 9.29. The number of carbonyl (C=O) groups is 2. The number of nitrogens with one attached hydrogen (secondary N) is 1. The van der Waals surface area contributed by atoms with Crippen LogP contribution in [-0.4, -0.2) is 23.2 Å². The molecule has 0 atom stereocenters. The van der Waals surface area contributed by atoms with Crippen molar-refractivity contribution in [1.82, 2.24) is 4.98 Å². The Balaban J connectivity index is 1.52. The van der Waals surface area contributed by atoms with Crippen molar-refractivity contribution in [2.75, 3.05) is 16.8 Å². The molecule has 140 valence electrons. The van der Waals surface area contributed by atoms with Gasteiger partial charge in [-0.3, -0.25) is 14.6 Å². The van der Waals surface area contributed by atoms with Crippen molar-refractivity contribution in [3.63, 3.8) is 0 Å². The second-order valence-electron chi connectivity index (χ2n) is 6.96. The minimum atomic E-state index is -0.243. The van der Waals surface area contributed by atoms with Gasteiger partial charge in [0, 0.05) is 30.5 Å². The summed E-state index contributed by atoms with van der Waals surface area (Å²) in [6.45, 7) is 3.21. The van der Waals surface area contributed by atoms with Crippen LogP contribution in [0.25, 0.3) is 0 Å². The number of pyridine rings is 1. The van der Waals surface area contributed by atoms with Gasteiger partial charge in [0.1, 0.15) is 0 Å². The second-order valence-corrected chi connectivity index (χ2v) is 6.96. The van der Waals surface area contributed by atoms with Crippen LogP contribution in [0.4, 0.5) is 11.4 Å². The third-order valence-electron chi connectivity index (χ3n) is 5.01. The molecule has 2 heterocycles. The van der Waals surface area contributed by atoms with Gasteiger partial charge in [0.15, 0.2) is 5.78 Å². The molecule has 0 fully saturated rings. The zero-order valence-corrected chi connectivity index (χ0v) is 15.7. The number of anilines is 2. The van der Waals surface area contributed by atoms with Crippen LogP contribution in [0.1, 0.15) is 38.8 Å². The third kappa shape index (κ3) is 3.78. The van der Waals surface area contributed by atoms with Crippen LogP contribution in [0.3, 0.4) is 0 Å². The summed E-state index contributed by atoms with van der Waals surface area (Å²) in [6.07, 6.45) is 4.33. The molecule has 0 unspecified atom stereocenters. The summed E-state index contributed by atoms with van der Waals surface area (Å²) in [6, 6.07) is 17.2. The summed E-state index contributed by atoms with van der Waals surface area (Å²) in [4.78, 5) is 30.7.